The molecular weight excluding hydrogens is 270 g/mol. The largest absolute Gasteiger partial charge is 0.478 e. The van der Waals surface area contributed by atoms with Crippen molar-refractivity contribution in [2.24, 2.45) is 0 Å². The fraction of sp³-hybridized carbons (Fsp3) is 0.125. The van der Waals surface area contributed by atoms with Gasteiger partial charge in [0.1, 0.15) is 4.70 Å². The van der Waals surface area contributed by atoms with Gasteiger partial charge in [0.15, 0.2) is 6.54 Å². The van der Waals surface area contributed by atoms with Crippen LogP contribution in [0.5, 0.6) is 0 Å². The molecule has 0 aliphatic heterocycles. The molecule has 1 N–H and O–H groups in total. The van der Waals surface area contributed by atoms with Crippen LogP contribution in [0, 0.1) is 6.92 Å². The van der Waals surface area contributed by atoms with E-state index >= 15 is 0 Å². The molecule has 0 spiro atoms. The Morgan fingerprint density at radius 3 is 2.55 bits per heavy atom. The summed E-state index contributed by atoms with van der Waals surface area (Å²) in [6.45, 7) is 2.87. The van der Waals surface area contributed by atoms with Crippen LogP contribution in [-0.4, -0.2) is 11.1 Å². The van der Waals surface area contributed by atoms with Crippen LogP contribution in [0.3, 0.4) is 0 Å². The van der Waals surface area contributed by atoms with E-state index in [4.69, 9.17) is 5.11 Å². The van der Waals surface area contributed by atoms with E-state index in [0.29, 0.717) is 5.56 Å². The number of para-hydroxylation sites is 1. The third-order valence-corrected chi connectivity index (χ3v) is 4.42. The molecule has 3 nitrogen and oxygen atoms in total. The minimum Gasteiger partial charge on any atom is -0.478 e. The minimum atomic E-state index is -0.888. The third kappa shape index (κ3) is 2.30. The highest BCUT2D eigenvalue weighted by atomic mass is 32.1. The maximum absolute atomic E-state index is 10.9. The monoisotopic (exact) mass is 284 g/mol. The van der Waals surface area contributed by atoms with E-state index in [1.165, 1.54) is 15.2 Å². The van der Waals surface area contributed by atoms with Gasteiger partial charge in [-0.15, -0.1) is 0 Å². The quantitative estimate of drug-likeness (QED) is 0.750. The molecule has 2 aromatic carbocycles. The van der Waals surface area contributed by atoms with Crippen molar-refractivity contribution in [1.82, 2.24) is 0 Å². The van der Waals surface area contributed by atoms with Crippen LogP contribution in [-0.2, 0) is 6.54 Å². The number of hydrogen-bond acceptors (Lipinski definition) is 2. The summed E-state index contributed by atoms with van der Waals surface area (Å²) in [5, 5.41) is 10.2. The van der Waals surface area contributed by atoms with E-state index in [0.717, 1.165) is 12.1 Å². The maximum atomic E-state index is 10.9. The summed E-state index contributed by atoms with van der Waals surface area (Å²) >= 11 is 1.77. The average Bonchev–Trinajstić information content (AvgIpc) is 2.76. The molecular formula is C16H14NO2S+. The Balaban J connectivity index is 1.96. The van der Waals surface area contributed by atoms with Crippen molar-refractivity contribution in [2.45, 2.75) is 13.5 Å². The maximum Gasteiger partial charge on any atom is 0.335 e. The average molecular weight is 284 g/mol. The Kier molecular flexibility index (Phi) is 3.24. The zero-order chi connectivity index (χ0) is 14.1. The first-order chi connectivity index (χ1) is 9.65. The van der Waals surface area contributed by atoms with E-state index in [1.807, 2.05) is 24.3 Å². The summed E-state index contributed by atoms with van der Waals surface area (Å²) < 4.78 is 3.53. The topological polar surface area (TPSA) is 41.2 Å². The molecule has 0 aliphatic rings. The van der Waals surface area contributed by atoms with Crippen LogP contribution in [0.4, 0.5) is 0 Å². The molecule has 0 amide bonds. The predicted molar refractivity (Wildman–Crippen MR) is 79.3 cm³/mol. The van der Waals surface area contributed by atoms with E-state index in [1.54, 1.807) is 23.5 Å². The Labute approximate surface area is 120 Å². The van der Waals surface area contributed by atoms with Crippen molar-refractivity contribution >= 4 is 27.5 Å². The highest BCUT2D eigenvalue weighted by Crippen LogP contribution is 2.19. The number of aryl methyl sites for hydroxylation is 1. The lowest BCUT2D eigenvalue weighted by atomic mass is 10.1. The van der Waals surface area contributed by atoms with Crippen LogP contribution in [0.2, 0.25) is 0 Å². The summed E-state index contributed by atoms with van der Waals surface area (Å²) in [5.41, 5.74) is 2.65. The summed E-state index contributed by atoms with van der Waals surface area (Å²) in [5.74, 6) is -0.888. The van der Waals surface area contributed by atoms with E-state index in [2.05, 4.69) is 23.6 Å². The highest BCUT2D eigenvalue weighted by Gasteiger charge is 2.16. The van der Waals surface area contributed by atoms with Crippen molar-refractivity contribution in [3.05, 3.63) is 64.7 Å². The number of carboxylic acid groups (broad SMARTS) is 1. The number of rotatable bonds is 3. The fourth-order valence-corrected chi connectivity index (χ4v) is 3.30. The molecule has 1 aromatic heterocycles. The lowest BCUT2D eigenvalue weighted by molar-refractivity contribution is -0.664. The summed E-state index contributed by atoms with van der Waals surface area (Å²) in [7, 11) is 0. The van der Waals surface area contributed by atoms with Gasteiger partial charge >= 0.3 is 5.97 Å². The van der Waals surface area contributed by atoms with Gasteiger partial charge in [0.25, 0.3) is 0 Å². The normalized spacial score (nSPS) is 10.8. The molecule has 20 heavy (non-hydrogen) atoms. The molecule has 3 rings (SSSR count). The van der Waals surface area contributed by atoms with Crippen LogP contribution in [0.25, 0.3) is 10.2 Å². The standard InChI is InChI=1S/C16H13NO2S/c1-11-17(14-4-2-3-5-15(14)20-11)10-12-6-8-13(9-7-12)16(18)19/h2-9H,10H2,1H3/p+1. The van der Waals surface area contributed by atoms with Gasteiger partial charge in [0.05, 0.1) is 5.56 Å². The zero-order valence-corrected chi connectivity index (χ0v) is 11.9. The lowest BCUT2D eigenvalue weighted by Gasteiger charge is -1.99. The SMILES string of the molecule is Cc1sc2ccccc2[n+]1Cc1ccc(C(=O)O)cc1. The second-order valence-corrected chi connectivity index (χ2v) is 5.91. The number of nitrogens with zero attached hydrogens (tertiary/aromatic N) is 1. The van der Waals surface area contributed by atoms with Crippen LogP contribution in [0.1, 0.15) is 20.9 Å². The van der Waals surface area contributed by atoms with Gasteiger partial charge in [0.2, 0.25) is 10.5 Å². The van der Waals surface area contributed by atoms with Gasteiger partial charge in [0, 0.05) is 18.6 Å². The first-order valence-electron chi connectivity index (χ1n) is 6.35. The van der Waals surface area contributed by atoms with Gasteiger partial charge in [-0.2, -0.15) is 4.57 Å². The number of carboxylic acids is 1. The van der Waals surface area contributed by atoms with Gasteiger partial charge < -0.3 is 5.11 Å². The number of thiazole rings is 1. The smallest absolute Gasteiger partial charge is 0.335 e. The van der Waals surface area contributed by atoms with Crippen molar-refractivity contribution < 1.29 is 14.5 Å². The van der Waals surface area contributed by atoms with Crippen molar-refractivity contribution in [3.8, 4) is 0 Å². The Morgan fingerprint density at radius 1 is 1.15 bits per heavy atom. The van der Waals surface area contributed by atoms with Crippen LogP contribution < -0.4 is 4.57 Å². The molecule has 1 heterocycles. The molecule has 0 saturated carbocycles. The van der Waals surface area contributed by atoms with Crippen LogP contribution in [0.15, 0.2) is 48.5 Å². The first kappa shape index (κ1) is 12.8. The van der Waals surface area contributed by atoms with Gasteiger partial charge in [-0.25, -0.2) is 4.79 Å². The molecule has 0 fully saturated rings. The Bertz CT molecular complexity index is 775. The number of hydrogen-bond donors (Lipinski definition) is 1. The number of fused-ring (bicyclic) bond motifs is 1. The molecule has 0 aliphatic carbocycles. The molecule has 3 aromatic rings. The molecule has 0 saturated heterocycles. The highest BCUT2D eigenvalue weighted by molar-refractivity contribution is 7.18. The number of aromatic carboxylic acids is 1. The zero-order valence-electron chi connectivity index (χ0n) is 11.0. The molecule has 0 atom stereocenters. The van der Waals surface area contributed by atoms with Crippen molar-refractivity contribution in [3.63, 3.8) is 0 Å². The van der Waals surface area contributed by atoms with E-state index in [9.17, 15) is 4.79 Å². The first-order valence-corrected chi connectivity index (χ1v) is 7.17. The third-order valence-electron chi connectivity index (χ3n) is 3.34. The fourth-order valence-electron chi connectivity index (χ4n) is 2.28. The summed E-state index contributed by atoms with van der Waals surface area (Å²) in [6.07, 6.45) is 0. The molecule has 0 bridgehead atoms. The minimum absolute atomic E-state index is 0.325. The molecule has 0 radical (unpaired) electrons. The van der Waals surface area contributed by atoms with Gasteiger partial charge in [-0.3, -0.25) is 0 Å². The van der Waals surface area contributed by atoms with Crippen molar-refractivity contribution in [1.29, 1.82) is 0 Å². The van der Waals surface area contributed by atoms with Gasteiger partial charge in [-0.05, 0) is 18.2 Å². The Morgan fingerprint density at radius 2 is 1.85 bits per heavy atom. The predicted octanol–water partition coefficient (Wildman–Crippen LogP) is 3.24. The lowest BCUT2D eigenvalue weighted by Crippen LogP contribution is -2.35. The second kappa shape index (κ2) is 5.06. The van der Waals surface area contributed by atoms with Gasteiger partial charge in [-0.1, -0.05) is 35.6 Å². The molecule has 100 valence electrons. The van der Waals surface area contributed by atoms with Crippen molar-refractivity contribution in [2.75, 3.05) is 0 Å². The van der Waals surface area contributed by atoms with Crippen LogP contribution >= 0.6 is 11.3 Å². The Hall–Kier alpha value is -2.20. The number of aromatic nitrogens is 1. The number of carbonyl (C=O) groups is 1. The van der Waals surface area contributed by atoms with E-state index < -0.39 is 5.97 Å². The number of benzene rings is 2. The summed E-state index contributed by atoms with van der Waals surface area (Å²) in [4.78, 5) is 10.9. The summed E-state index contributed by atoms with van der Waals surface area (Å²) in [6, 6.07) is 15.4. The second-order valence-electron chi connectivity index (χ2n) is 4.68. The molecule has 0 unspecified atom stereocenters. The van der Waals surface area contributed by atoms with E-state index in [-0.39, 0.29) is 0 Å². The molecule has 4 heteroatoms.